The molecule has 0 aliphatic rings. The van der Waals surface area contributed by atoms with Crippen LogP contribution in [0.4, 0.5) is 24.5 Å². The van der Waals surface area contributed by atoms with Gasteiger partial charge in [-0.1, -0.05) is 12.1 Å². The maximum atomic E-state index is 13.2. The fourth-order valence-corrected chi connectivity index (χ4v) is 4.59. The van der Waals surface area contributed by atoms with Crippen molar-refractivity contribution in [3.8, 4) is 0 Å². The van der Waals surface area contributed by atoms with Crippen molar-refractivity contribution in [3.05, 3.63) is 47.5 Å². The number of nitrogens with zero attached hydrogens (tertiary/aromatic N) is 1. The summed E-state index contributed by atoms with van der Waals surface area (Å²) in [6, 6.07) is 7.70. The quantitative estimate of drug-likeness (QED) is 0.780. The summed E-state index contributed by atoms with van der Waals surface area (Å²) in [5.41, 5.74) is 4.67. The summed E-state index contributed by atoms with van der Waals surface area (Å²) < 4.78 is 65.7. The van der Waals surface area contributed by atoms with E-state index in [0.717, 1.165) is 12.1 Å². The van der Waals surface area contributed by atoms with Crippen molar-refractivity contribution in [1.29, 1.82) is 0 Å². The summed E-state index contributed by atoms with van der Waals surface area (Å²) in [7, 11) is -4.16. The number of anilines is 2. The molecule has 0 aliphatic heterocycles. The predicted octanol–water partition coefficient (Wildman–Crippen LogP) is 4.28. The van der Waals surface area contributed by atoms with E-state index in [1.165, 1.54) is 0 Å². The zero-order valence-electron chi connectivity index (χ0n) is 14.8. The van der Waals surface area contributed by atoms with Gasteiger partial charge < -0.3 is 10.6 Å². The molecule has 26 heavy (non-hydrogen) atoms. The molecule has 0 amide bonds. The number of hydrogen-bond donors (Lipinski definition) is 1. The van der Waals surface area contributed by atoms with E-state index in [2.05, 4.69) is 0 Å². The van der Waals surface area contributed by atoms with Crippen LogP contribution in [-0.4, -0.2) is 21.5 Å². The molecule has 142 valence electrons. The van der Waals surface area contributed by atoms with Gasteiger partial charge in [0.25, 0.3) is 0 Å². The number of nitrogen functional groups attached to an aromatic ring is 1. The van der Waals surface area contributed by atoms with Crippen LogP contribution in [-0.2, 0) is 16.0 Å². The molecule has 0 spiro atoms. The standard InChI is InChI=1S/C18H21F3N2O2S/c1-4-23(5-2)16-8-6-7-12(3)17(16)26(24,25)13-9-10-15(22)14(11-13)18(19,20)21/h6-11H,4-5,22H2,1-3H3. The van der Waals surface area contributed by atoms with Gasteiger partial charge in [-0.15, -0.1) is 0 Å². The molecule has 0 atom stereocenters. The van der Waals surface area contributed by atoms with Crippen LogP contribution in [0.25, 0.3) is 0 Å². The van der Waals surface area contributed by atoms with Crippen LogP contribution in [0.1, 0.15) is 25.0 Å². The van der Waals surface area contributed by atoms with E-state index in [1.54, 1.807) is 25.1 Å². The Morgan fingerprint density at radius 2 is 1.69 bits per heavy atom. The Bertz CT molecular complexity index is 905. The number of nitrogens with two attached hydrogens (primary N) is 1. The molecule has 2 N–H and O–H groups in total. The van der Waals surface area contributed by atoms with Gasteiger partial charge in [0, 0.05) is 18.8 Å². The molecule has 4 nitrogen and oxygen atoms in total. The second kappa shape index (κ2) is 7.19. The number of halogens is 3. The lowest BCUT2D eigenvalue weighted by atomic mass is 10.2. The highest BCUT2D eigenvalue weighted by atomic mass is 32.2. The average molecular weight is 386 g/mol. The van der Waals surface area contributed by atoms with E-state index in [4.69, 9.17) is 5.73 Å². The van der Waals surface area contributed by atoms with Crippen LogP contribution in [0.3, 0.4) is 0 Å². The molecule has 0 saturated heterocycles. The van der Waals surface area contributed by atoms with Crippen molar-refractivity contribution in [3.63, 3.8) is 0 Å². The number of benzene rings is 2. The fourth-order valence-electron chi connectivity index (χ4n) is 2.87. The lowest BCUT2D eigenvalue weighted by Crippen LogP contribution is -2.24. The number of sulfone groups is 1. The molecule has 0 aromatic heterocycles. The predicted molar refractivity (Wildman–Crippen MR) is 96.0 cm³/mol. The smallest absolute Gasteiger partial charge is 0.398 e. The second-order valence-corrected chi connectivity index (χ2v) is 7.73. The van der Waals surface area contributed by atoms with Crippen molar-refractivity contribution in [2.75, 3.05) is 23.7 Å². The maximum Gasteiger partial charge on any atom is 0.418 e. The summed E-state index contributed by atoms with van der Waals surface area (Å²) in [5.74, 6) is 0. The van der Waals surface area contributed by atoms with Gasteiger partial charge in [0.05, 0.1) is 21.0 Å². The summed E-state index contributed by atoms with van der Waals surface area (Å²) in [6.07, 6.45) is -4.73. The fraction of sp³-hybridized carbons (Fsp3) is 0.333. The Hall–Kier alpha value is -2.22. The molecule has 0 saturated carbocycles. The summed E-state index contributed by atoms with van der Waals surface area (Å²) in [5, 5.41) is 0. The van der Waals surface area contributed by atoms with E-state index in [0.29, 0.717) is 30.4 Å². The Balaban J connectivity index is 2.74. The molecule has 0 fully saturated rings. The summed E-state index contributed by atoms with van der Waals surface area (Å²) >= 11 is 0. The zero-order valence-corrected chi connectivity index (χ0v) is 15.6. The van der Waals surface area contributed by atoms with Crippen LogP contribution in [0, 0.1) is 6.92 Å². The molecule has 0 unspecified atom stereocenters. The van der Waals surface area contributed by atoms with Gasteiger partial charge in [0.2, 0.25) is 9.84 Å². The Morgan fingerprint density at radius 3 is 2.23 bits per heavy atom. The van der Waals surface area contributed by atoms with Gasteiger partial charge in [0.15, 0.2) is 0 Å². The van der Waals surface area contributed by atoms with Crippen LogP contribution in [0.5, 0.6) is 0 Å². The lowest BCUT2D eigenvalue weighted by molar-refractivity contribution is -0.137. The minimum absolute atomic E-state index is 0.0154. The van der Waals surface area contributed by atoms with Crippen LogP contribution in [0.2, 0.25) is 0 Å². The van der Waals surface area contributed by atoms with Gasteiger partial charge in [-0.3, -0.25) is 0 Å². The molecule has 8 heteroatoms. The van der Waals surface area contributed by atoms with Crippen LogP contribution in [0.15, 0.2) is 46.2 Å². The number of alkyl halides is 3. The molecule has 0 heterocycles. The van der Waals surface area contributed by atoms with E-state index in [1.807, 2.05) is 18.7 Å². The minimum atomic E-state index is -4.73. The molecule has 0 radical (unpaired) electrons. The average Bonchev–Trinajstić information content (AvgIpc) is 2.55. The van der Waals surface area contributed by atoms with Crippen molar-refractivity contribution in [2.45, 2.75) is 36.7 Å². The minimum Gasteiger partial charge on any atom is -0.398 e. The van der Waals surface area contributed by atoms with E-state index >= 15 is 0 Å². The Morgan fingerprint density at radius 1 is 1.08 bits per heavy atom. The van der Waals surface area contributed by atoms with Crippen LogP contribution < -0.4 is 10.6 Å². The van der Waals surface area contributed by atoms with E-state index in [9.17, 15) is 21.6 Å². The van der Waals surface area contributed by atoms with Gasteiger partial charge >= 0.3 is 6.18 Å². The van der Waals surface area contributed by atoms with Gasteiger partial charge in [-0.05, 0) is 50.6 Å². The first kappa shape index (κ1) is 20.1. The lowest BCUT2D eigenvalue weighted by Gasteiger charge is -2.25. The highest BCUT2D eigenvalue weighted by Gasteiger charge is 2.35. The first-order valence-corrected chi connectivity index (χ1v) is 9.58. The van der Waals surface area contributed by atoms with Crippen molar-refractivity contribution in [2.24, 2.45) is 0 Å². The Kier molecular flexibility index (Phi) is 5.55. The molecule has 2 aromatic rings. The van der Waals surface area contributed by atoms with Crippen LogP contribution >= 0.6 is 0 Å². The molecule has 2 rings (SSSR count). The van der Waals surface area contributed by atoms with Gasteiger partial charge in [0.1, 0.15) is 0 Å². The van der Waals surface area contributed by atoms with Crippen molar-refractivity contribution < 1.29 is 21.6 Å². The first-order chi connectivity index (χ1) is 12.0. The molecular weight excluding hydrogens is 365 g/mol. The number of aryl methyl sites for hydroxylation is 1. The van der Waals surface area contributed by atoms with Gasteiger partial charge in [-0.25, -0.2) is 8.42 Å². The summed E-state index contributed by atoms with van der Waals surface area (Å²) in [4.78, 5) is 1.44. The van der Waals surface area contributed by atoms with E-state index in [-0.39, 0.29) is 4.90 Å². The topological polar surface area (TPSA) is 63.4 Å². The molecule has 2 aromatic carbocycles. The molecule has 0 aliphatic carbocycles. The van der Waals surface area contributed by atoms with E-state index < -0.39 is 32.2 Å². The normalized spacial score (nSPS) is 12.2. The molecule has 0 bridgehead atoms. The highest BCUT2D eigenvalue weighted by molar-refractivity contribution is 7.91. The third-order valence-corrected chi connectivity index (χ3v) is 6.15. The zero-order chi connectivity index (χ0) is 19.7. The van der Waals surface area contributed by atoms with Crippen molar-refractivity contribution in [1.82, 2.24) is 0 Å². The first-order valence-electron chi connectivity index (χ1n) is 8.10. The Labute approximate surface area is 151 Å². The third-order valence-electron chi connectivity index (χ3n) is 4.20. The number of rotatable bonds is 5. The SMILES string of the molecule is CCN(CC)c1cccc(C)c1S(=O)(=O)c1ccc(N)c(C(F)(F)F)c1. The monoisotopic (exact) mass is 386 g/mol. The highest BCUT2D eigenvalue weighted by Crippen LogP contribution is 2.38. The third kappa shape index (κ3) is 3.65. The maximum absolute atomic E-state index is 13.2. The molecular formula is C18H21F3N2O2S. The summed E-state index contributed by atoms with van der Waals surface area (Å²) in [6.45, 7) is 6.53. The van der Waals surface area contributed by atoms with Crippen molar-refractivity contribution >= 4 is 21.2 Å². The largest absolute Gasteiger partial charge is 0.418 e. The second-order valence-electron chi connectivity index (χ2n) is 5.85. The van der Waals surface area contributed by atoms with Gasteiger partial charge in [-0.2, -0.15) is 13.2 Å². The number of hydrogen-bond acceptors (Lipinski definition) is 4.